The minimum Gasteiger partial charge on any atom is -0.378 e. The van der Waals surface area contributed by atoms with Crippen molar-refractivity contribution in [2.75, 3.05) is 43.5 Å². The highest BCUT2D eigenvalue weighted by atomic mass is 79.9. The molecule has 2 aromatic rings. The summed E-state index contributed by atoms with van der Waals surface area (Å²) >= 11 is 3.39. The molecule has 1 aliphatic rings. The Morgan fingerprint density at radius 2 is 1.77 bits per heavy atom. The molecule has 3 rings (SSSR count). The van der Waals surface area contributed by atoms with Gasteiger partial charge in [0.05, 0.1) is 19.8 Å². The average Bonchev–Trinajstić information content (AvgIpc) is 2.67. The van der Waals surface area contributed by atoms with Crippen molar-refractivity contribution in [2.45, 2.75) is 0 Å². The molecule has 0 aliphatic carbocycles. The van der Waals surface area contributed by atoms with Gasteiger partial charge in [-0.15, -0.1) is 0 Å². The number of nitrogens with zero attached hydrogens (tertiary/aromatic N) is 1. The number of anilines is 2. The third-order valence-electron chi connectivity index (χ3n) is 3.97. The van der Waals surface area contributed by atoms with E-state index >= 15 is 0 Å². The summed E-state index contributed by atoms with van der Waals surface area (Å²) in [4.78, 5) is 26.4. The second kappa shape index (κ2) is 8.82. The van der Waals surface area contributed by atoms with E-state index in [9.17, 15) is 9.59 Å². The summed E-state index contributed by atoms with van der Waals surface area (Å²) in [6.45, 7) is 2.43. The molecule has 1 heterocycles. The molecule has 0 radical (unpaired) electrons. The highest BCUT2D eigenvalue weighted by Crippen LogP contribution is 2.16. The molecule has 1 aliphatic heterocycles. The Hall–Kier alpha value is -2.38. The van der Waals surface area contributed by atoms with Crippen LogP contribution in [0.1, 0.15) is 10.4 Å². The van der Waals surface area contributed by atoms with Crippen molar-refractivity contribution in [2.24, 2.45) is 0 Å². The lowest BCUT2D eigenvalue weighted by atomic mass is 10.1. The van der Waals surface area contributed by atoms with Crippen LogP contribution in [-0.2, 0) is 9.53 Å². The zero-order chi connectivity index (χ0) is 18.4. The average molecular weight is 418 g/mol. The van der Waals surface area contributed by atoms with Crippen molar-refractivity contribution in [3.8, 4) is 0 Å². The van der Waals surface area contributed by atoms with Crippen LogP contribution >= 0.6 is 15.9 Å². The lowest BCUT2D eigenvalue weighted by Gasteiger charge is -2.27. The van der Waals surface area contributed by atoms with Crippen molar-refractivity contribution in [1.82, 2.24) is 4.90 Å². The number of hydrogen-bond donors (Lipinski definition) is 2. The zero-order valence-corrected chi connectivity index (χ0v) is 15.8. The number of carbonyl (C=O) groups is 2. The first-order chi connectivity index (χ1) is 12.6. The van der Waals surface area contributed by atoms with Gasteiger partial charge in [-0.25, -0.2) is 0 Å². The molecule has 0 aromatic heterocycles. The van der Waals surface area contributed by atoms with Crippen LogP contribution in [0.2, 0.25) is 0 Å². The van der Waals surface area contributed by atoms with E-state index in [1.165, 1.54) is 0 Å². The largest absolute Gasteiger partial charge is 0.378 e. The monoisotopic (exact) mass is 417 g/mol. The first-order valence-electron chi connectivity index (χ1n) is 8.38. The van der Waals surface area contributed by atoms with Crippen LogP contribution in [0, 0.1) is 0 Å². The number of nitrogens with one attached hydrogen (secondary N) is 2. The van der Waals surface area contributed by atoms with Gasteiger partial charge < -0.3 is 20.3 Å². The van der Waals surface area contributed by atoms with Gasteiger partial charge in [0.2, 0.25) is 5.91 Å². The molecule has 0 spiro atoms. The van der Waals surface area contributed by atoms with Gasteiger partial charge >= 0.3 is 0 Å². The highest BCUT2D eigenvalue weighted by molar-refractivity contribution is 9.10. The number of morpholine rings is 1. The Kier molecular flexibility index (Phi) is 6.25. The number of rotatable bonds is 5. The minimum atomic E-state index is -0.180. The number of benzene rings is 2. The predicted octanol–water partition coefficient (Wildman–Crippen LogP) is 2.97. The molecule has 0 saturated carbocycles. The fourth-order valence-corrected chi connectivity index (χ4v) is 3.06. The fourth-order valence-electron chi connectivity index (χ4n) is 2.66. The quantitative estimate of drug-likeness (QED) is 0.784. The van der Waals surface area contributed by atoms with Gasteiger partial charge in [-0.05, 0) is 36.4 Å². The zero-order valence-electron chi connectivity index (χ0n) is 14.2. The molecule has 1 saturated heterocycles. The minimum absolute atomic E-state index is 0.0448. The molecule has 0 unspecified atom stereocenters. The van der Waals surface area contributed by atoms with E-state index in [1.54, 1.807) is 29.2 Å². The second-order valence-corrected chi connectivity index (χ2v) is 6.81. The van der Waals surface area contributed by atoms with E-state index in [0.717, 1.165) is 10.2 Å². The van der Waals surface area contributed by atoms with E-state index in [1.807, 2.05) is 24.3 Å². The maximum atomic E-state index is 12.5. The Labute approximate surface area is 160 Å². The summed E-state index contributed by atoms with van der Waals surface area (Å²) in [6, 6.07) is 14.6. The van der Waals surface area contributed by atoms with Gasteiger partial charge in [-0.1, -0.05) is 28.1 Å². The van der Waals surface area contributed by atoms with Gasteiger partial charge in [-0.3, -0.25) is 9.59 Å². The van der Waals surface area contributed by atoms with E-state index in [2.05, 4.69) is 26.6 Å². The van der Waals surface area contributed by atoms with E-state index < -0.39 is 0 Å². The Bertz CT molecular complexity index is 791. The molecule has 1 fully saturated rings. The smallest absolute Gasteiger partial charge is 0.254 e. The molecule has 26 heavy (non-hydrogen) atoms. The van der Waals surface area contributed by atoms with Gasteiger partial charge in [0.1, 0.15) is 0 Å². The number of amides is 2. The van der Waals surface area contributed by atoms with Gasteiger partial charge in [0.25, 0.3) is 5.91 Å². The molecule has 2 N–H and O–H groups in total. The second-order valence-electron chi connectivity index (χ2n) is 5.90. The number of halogens is 1. The summed E-state index contributed by atoms with van der Waals surface area (Å²) in [5.41, 5.74) is 2.01. The van der Waals surface area contributed by atoms with Crippen LogP contribution < -0.4 is 10.6 Å². The standard InChI is InChI=1S/C19H20BrN3O3/c20-15-4-2-5-16(12-15)21-13-18(24)22-17-6-1-3-14(11-17)19(25)23-7-9-26-10-8-23/h1-6,11-12,21H,7-10,13H2,(H,22,24). The van der Waals surface area contributed by atoms with E-state index in [0.29, 0.717) is 37.6 Å². The third-order valence-corrected chi connectivity index (χ3v) is 4.46. The number of hydrogen-bond acceptors (Lipinski definition) is 4. The summed E-state index contributed by atoms with van der Waals surface area (Å²) in [7, 11) is 0. The van der Waals surface area contributed by atoms with Gasteiger partial charge in [0, 0.05) is 34.5 Å². The molecule has 6 nitrogen and oxygen atoms in total. The summed E-state index contributed by atoms with van der Waals surface area (Å²) in [5, 5.41) is 5.88. The maximum Gasteiger partial charge on any atom is 0.254 e. The van der Waals surface area contributed by atoms with Crippen molar-refractivity contribution in [1.29, 1.82) is 0 Å². The van der Waals surface area contributed by atoms with Gasteiger partial charge in [0.15, 0.2) is 0 Å². The van der Waals surface area contributed by atoms with Crippen LogP contribution in [0.25, 0.3) is 0 Å². The Balaban J connectivity index is 1.57. The first-order valence-corrected chi connectivity index (χ1v) is 9.17. The lowest BCUT2D eigenvalue weighted by molar-refractivity contribution is -0.114. The highest BCUT2D eigenvalue weighted by Gasteiger charge is 2.18. The van der Waals surface area contributed by atoms with Gasteiger partial charge in [-0.2, -0.15) is 0 Å². The first kappa shape index (κ1) is 18.4. The van der Waals surface area contributed by atoms with Crippen molar-refractivity contribution in [3.05, 3.63) is 58.6 Å². The van der Waals surface area contributed by atoms with Crippen LogP contribution in [0.3, 0.4) is 0 Å². The number of carbonyl (C=O) groups excluding carboxylic acids is 2. The summed E-state index contributed by atoms with van der Waals surface area (Å²) in [6.07, 6.45) is 0. The van der Waals surface area contributed by atoms with Crippen molar-refractivity contribution >= 4 is 39.1 Å². The van der Waals surface area contributed by atoms with E-state index in [4.69, 9.17) is 4.74 Å². The summed E-state index contributed by atoms with van der Waals surface area (Å²) in [5.74, 6) is -0.224. The summed E-state index contributed by atoms with van der Waals surface area (Å²) < 4.78 is 6.21. The molecule has 7 heteroatoms. The molecular formula is C19H20BrN3O3. The predicted molar refractivity (Wildman–Crippen MR) is 104 cm³/mol. The van der Waals surface area contributed by atoms with Crippen LogP contribution in [0.5, 0.6) is 0 Å². The molecule has 0 atom stereocenters. The molecule has 2 amide bonds. The SMILES string of the molecule is O=C(CNc1cccc(Br)c1)Nc1cccc(C(=O)N2CCOCC2)c1. The van der Waals surface area contributed by atoms with Crippen LogP contribution in [0.4, 0.5) is 11.4 Å². The lowest BCUT2D eigenvalue weighted by Crippen LogP contribution is -2.40. The normalized spacial score (nSPS) is 14.0. The molecule has 0 bridgehead atoms. The molecule has 136 valence electrons. The maximum absolute atomic E-state index is 12.5. The Morgan fingerprint density at radius 1 is 1.04 bits per heavy atom. The topological polar surface area (TPSA) is 70.7 Å². The van der Waals surface area contributed by atoms with Crippen molar-refractivity contribution in [3.63, 3.8) is 0 Å². The fraction of sp³-hybridized carbons (Fsp3) is 0.263. The van der Waals surface area contributed by atoms with Crippen molar-refractivity contribution < 1.29 is 14.3 Å². The molecular weight excluding hydrogens is 398 g/mol. The van der Waals surface area contributed by atoms with Crippen LogP contribution in [0.15, 0.2) is 53.0 Å². The number of ether oxygens (including phenoxy) is 1. The van der Waals surface area contributed by atoms with E-state index in [-0.39, 0.29) is 18.4 Å². The van der Waals surface area contributed by atoms with Crippen LogP contribution in [-0.4, -0.2) is 49.6 Å². The molecule has 2 aromatic carbocycles. The Morgan fingerprint density at radius 3 is 2.54 bits per heavy atom. The third kappa shape index (κ3) is 5.06.